The number of ether oxygens (including phenoxy) is 1. The molecule has 0 bridgehead atoms. The molecule has 1 aromatic heterocycles. The number of fused-ring (bicyclic) bond motifs is 3. The first-order valence-corrected chi connectivity index (χ1v) is 14.8. The summed E-state index contributed by atoms with van der Waals surface area (Å²) in [5.74, 6) is 0.130. The number of hydrogen-bond acceptors (Lipinski definition) is 6. The van der Waals surface area contributed by atoms with E-state index in [1.807, 2.05) is 6.07 Å². The van der Waals surface area contributed by atoms with Crippen molar-refractivity contribution in [2.24, 2.45) is 5.92 Å². The monoisotopic (exact) mass is 483 g/mol. The van der Waals surface area contributed by atoms with Crippen LogP contribution in [0.4, 0.5) is 5.82 Å². The van der Waals surface area contributed by atoms with E-state index in [-0.39, 0.29) is 16.8 Å². The Morgan fingerprint density at radius 1 is 1.21 bits per heavy atom. The molecule has 2 aromatic rings. The molecule has 0 spiro atoms. The van der Waals surface area contributed by atoms with Gasteiger partial charge in [0.05, 0.1) is 11.2 Å². The first-order valence-electron chi connectivity index (χ1n) is 11.9. The molecule has 5 rings (SSSR count). The van der Waals surface area contributed by atoms with Gasteiger partial charge in [0.2, 0.25) is 0 Å². The molecule has 182 valence electrons. The highest BCUT2D eigenvalue weighted by Crippen LogP contribution is 2.68. The largest absolute Gasteiger partial charge is 0.408 e. The van der Waals surface area contributed by atoms with Crippen LogP contribution in [0.25, 0.3) is 0 Å². The number of nitrogens with one attached hydrogen (secondary N) is 1. The summed E-state index contributed by atoms with van der Waals surface area (Å²) >= 11 is 0. The summed E-state index contributed by atoms with van der Waals surface area (Å²) in [6.45, 7) is 11.1. The molecular formula is C25H33N3O5Si. The van der Waals surface area contributed by atoms with Crippen LogP contribution < -0.4 is 11.0 Å². The van der Waals surface area contributed by atoms with Gasteiger partial charge in [-0.2, -0.15) is 4.98 Å². The van der Waals surface area contributed by atoms with E-state index in [9.17, 15) is 14.7 Å². The molecule has 2 heterocycles. The number of carbonyl (C=O) groups excluding carboxylic acids is 1. The fourth-order valence-electron chi connectivity index (χ4n) is 5.27. The van der Waals surface area contributed by atoms with Gasteiger partial charge in [-0.15, -0.1) is 0 Å². The van der Waals surface area contributed by atoms with Gasteiger partial charge in [-0.25, -0.2) is 4.79 Å². The second-order valence-corrected chi connectivity index (χ2v) is 16.2. The number of benzene rings is 1. The van der Waals surface area contributed by atoms with Gasteiger partial charge in [-0.05, 0) is 55.1 Å². The molecule has 0 unspecified atom stereocenters. The lowest BCUT2D eigenvalue weighted by Crippen LogP contribution is -2.51. The third-order valence-electron chi connectivity index (χ3n) is 8.12. The topological polar surface area (TPSA) is 103 Å². The lowest BCUT2D eigenvalue weighted by Gasteiger charge is -2.41. The number of amides is 1. The molecule has 3 aliphatic rings. The maximum atomic E-state index is 12.8. The molecule has 3 fully saturated rings. The van der Waals surface area contributed by atoms with Crippen molar-refractivity contribution in [3.8, 4) is 0 Å². The van der Waals surface area contributed by atoms with E-state index in [2.05, 4.69) is 44.2 Å². The molecule has 1 saturated heterocycles. The van der Waals surface area contributed by atoms with Crippen LogP contribution in [-0.2, 0) is 9.16 Å². The van der Waals surface area contributed by atoms with Gasteiger partial charge in [0.15, 0.2) is 8.32 Å². The number of aromatic nitrogens is 2. The van der Waals surface area contributed by atoms with Crippen molar-refractivity contribution in [3.63, 3.8) is 0 Å². The second-order valence-electron chi connectivity index (χ2n) is 11.5. The minimum atomic E-state index is -2.07. The predicted octanol–water partition coefficient (Wildman–Crippen LogP) is 3.70. The van der Waals surface area contributed by atoms with Crippen molar-refractivity contribution in [3.05, 3.63) is 58.6 Å². The molecule has 2 aliphatic carbocycles. The number of carbonyl (C=O) groups is 1. The lowest BCUT2D eigenvalue weighted by atomic mass is 9.92. The summed E-state index contributed by atoms with van der Waals surface area (Å²) < 4.78 is 14.6. The number of aliphatic hydroxyl groups is 1. The van der Waals surface area contributed by atoms with Crippen molar-refractivity contribution in [1.29, 1.82) is 0 Å². The van der Waals surface area contributed by atoms with Crippen LogP contribution in [0.1, 0.15) is 56.6 Å². The van der Waals surface area contributed by atoms with Crippen LogP contribution in [0.15, 0.2) is 47.4 Å². The minimum Gasteiger partial charge on any atom is -0.408 e. The second kappa shape index (κ2) is 7.58. The van der Waals surface area contributed by atoms with Crippen LogP contribution in [0, 0.1) is 5.92 Å². The van der Waals surface area contributed by atoms with E-state index in [0.29, 0.717) is 24.3 Å². The van der Waals surface area contributed by atoms with Gasteiger partial charge < -0.3 is 19.6 Å². The van der Waals surface area contributed by atoms with Crippen LogP contribution in [0.5, 0.6) is 0 Å². The fraction of sp³-hybridized carbons (Fsp3) is 0.560. The normalized spacial score (nSPS) is 32.2. The molecule has 1 amide bonds. The van der Waals surface area contributed by atoms with Gasteiger partial charge in [-0.3, -0.25) is 9.36 Å². The quantitative estimate of drug-likeness (QED) is 0.629. The zero-order valence-corrected chi connectivity index (χ0v) is 21.4. The molecule has 9 heteroatoms. The zero-order valence-electron chi connectivity index (χ0n) is 20.4. The van der Waals surface area contributed by atoms with Crippen LogP contribution in [-0.4, -0.2) is 46.2 Å². The molecule has 5 atom stereocenters. The van der Waals surface area contributed by atoms with E-state index in [4.69, 9.17) is 9.16 Å². The summed E-state index contributed by atoms with van der Waals surface area (Å²) in [6.07, 6.45) is 2.29. The van der Waals surface area contributed by atoms with E-state index in [1.165, 1.54) is 4.57 Å². The molecule has 34 heavy (non-hydrogen) atoms. The Morgan fingerprint density at radius 2 is 1.91 bits per heavy atom. The molecule has 1 aliphatic heterocycles. The Balaban J connectivity index is 1.33. The zero-order chi connectivity index (χ0) is 24.5. The molecular weight excluding hydrogens is 450 g/mol. The van der Waals surface area contributed by atoms with Crippen molar-refractivity contribution in [1.82, 2.24) is 9.55 Å². The summed E-state index contributed by atoms with van der Waals surface area (Å²) in [7, 11) is -2.07. The summed E-state index contributed by atoms with van der Waals surface area (Å²) in [5.41, 5.74) is -1.54. The van der Waals surface area contributed by atoms with Crippen LogP contribution in [0.3, 0.4) is 0 Å². The van der Waals surface area contributed by atoms with Crippen molar-refractivity contribution in [2.75, 3.05) is 5.32 Å². The van der Waals surface area contributed by atoms with Gasteiger partial charge in [0.1, 0.15) is 18.1 Å². The standard InChI is InChI=1S/C25H33N3O5Si/c1-23(2,3)34(4,5)33-25-14-17(25)13-24(31)15-19(32-21(24)25)28-12-11-18(27-22(28)30)26-20(29)16-9-7-6-8-10-16/h6-12,17,19,21,31H,13-15H2,1-5H3,(H,26,27,29,30)/t17-,19-,21+,24+,25-/m1/s1. The Bertz CT molecular complexity index is 1180. The molecule has 2 saturated carbocycles. The van der Waals surface area contributed by atoms with Gasteiger partial charge in [0, 0.05) is 18.2 Å². The summed E-state index contributed by atoms with van der Waals surface area (Å²) in [4.78, 5) is 29.2. The summed E-state index contributed by atoms with van der Waals surface area (Å²) in [5, 5.41) is 14.1. The first-order chi connectivity index (χ1) is 15.8. The third kappa shape index (κ3) is 3.75. The third-order valence-corrected chi connectivity index (χ3v) is 12.6. The smallest absolute Gasteiger partial charge is 0.351 e. The van der Waals surface area contributed by atoms with Gasteiger partial charge in [0.25, 0.3) is 5.91 Å². The molecule has 0 radical (unpaired) electrons. The average molecular weight is 484 g/mol. The first kappa shape index (κ1) is 23.4. The van der Waals surface area contributed by atoms with Crippen LogP contribution in [0.2, 0.25) is 18.1 Å². The van der Waals surface area contributed by atoms with Gasteiger partial charge >= 0.3 is 5.69 Å². The molecule has 2 N–H and O–H groups in total. The number of rotatable bonds is 5. The Labute approximate surface area is 200 Å². The Kier molecular flexibility index (Phi) is 5.22. The minimum absolute atomic E-state index is 0.0501. The maximum Gasteiger partial charge on any atom is 0.351 e. The lowest BCUT2D eigenvalue weighted by molar-refractivity contribution is -0.103. The number of anilines is 1. The van der Waals surface area contributed by atoms with E-state index in [0.717, 1.165) is 6.42 Å². The van der Waals surface area contributed by atoms with Crippen molar-refractivity contribution < 1.29 is 19.1 Å². The number of nitrogens with zero attached hydrogens (tertiary/aromatic N) is 2. The van der Waals surface area contributed by atoms with E-state index >= 15 is 0 Å². The van der Waals surface area contributed by atoms with Crippen molar-refractivity contribution in [2.45, 2.75) is 81.7 Å². The van der Waals surface area contributed by atoms with E-state index < -0.39 is 37.5 Å². The number of hydrogen-bond donors (Lipinski definition) is 2. The van der Waals surface area contributed by atoms with E-state index in [1.54, 1.807) is 36.5 Å². The van der Waals surface area contributed by atoms with Crippen LogP contribution >= 0.6 is 0 Å². The molecule has 1 aromatic carbocycles. The fourth-order valence-corrected chi connectivity index (χ4v) is 6.88. The Hall–Kier alpha value is -2.33. The maximum absolute atomic E-state index is 12.8. The highest BCUT2D eigenvalue weighted by atomic mass is 28.4. The highest BCUT2D eigenvalue weighted by molar-refractivity contribution is 6.74. The average Bonchev–Trinajstić information content (AvgIpc) is 3.18. The highest BCUT2D eigenvalue weighted by Gasteiger charge is 2.77. The molecule has 8 nitrogen and oxygen atoms in total. The predicted molar refractivity (Wildman–Crippen MR) is 130 cm³/mol. The Morgan fingerprint density at radius 3 is 2.56 bits per heavy atom. The van der Waals surface area contributed by atoms with Gasteiger partial charge in [-0.1, -0.05) is 39.0 Å². The SMILES string of the molecule is CC(C)(C)[Si](C)(C)O[C@]12C[C@H]1C[C@]1(O)C[C@H](n3ccc(NC(=O)c4ccccc4)nc3=O)O[C@@H]12. The van der Waals surface area contributed by atoms with Crippen molar-refractivity contribution >= 4 is 20.0 Å². The summed E-state index contributed by atoms with van der Waals surface area (Å²) in [6, 6.07) is 10.3.